The van der Waals surface area contributed by atoms with Gasteiger partial charge in [0.1, 0.15) is 0 Å². The van der Waals surface area contributed by atoms with E-state index in [2.05, 4.69) is 11.8 Å². The Morgan fingerprint density at radius 1 is 1.38 bits per heavy atom. The molecular weight excluding hydrogens is 220 g/mol. The van der Waals surface area contributed by atoms with Crippen molar-refractivity contribution in [2.45, 2.75) is 38.6 Å². The van der Waals surface area contributed by atoms with E-state index in [1.54, 1.807) is 0 Å². The van der Waals surface area contributed by atoms with Gasteiger partial charge < -0.3 is 10.6 Å². The van der Waals surface area contributed by atoms with Gasteiger partial charge in [0, 0.05) is 17.6 Å². The second-order valence-electron chi connectivity index (χ2n) is 4.43. The molecule has 1 fully saturated rings. The van der Waals surface area contributed by atoms with Crippen molar-refractivity contribution in [2.75, 3.05) is 17.2 Å². The lowest BCUT2D eigenvalue weighted by atomic mass is 10.1. The van der Waals surface area contributed by atoms with Crippen molar-refractivity contribution in [1.82, 2.24) is 0 Å². The van der Waals surface area contributed by atoms with Gasteiger partial charge in [0.15, 0.2) is 0 Å². The average Bonchev–Trinajstić information content (AvgIpc) is 2.78. The van der Waals surface area contributed by atoms with Gasteiger partial charge in [-0.15, -0.1) is 0 Å². The van der Waals surface area contributed by atoms with Crippen LogP contribution in [0.5, 0.6) is 0 Å². The molecule has 0 unspecified atom stereocenters. The highest BCUT2D eigenvalue weighted by Gasteiger charge is 2.22. The van der Waals surface area contributed by atoms with Crippen molar-refractivity contribution in [3.8, 4) is 0 Å². The summed E-state index contributed by atoms with van der Waals surface area (Å²) in [6, 6.07) is 6.38. The first-order chi connectivity index (χ1) is 7.72. The molecule has 2 rings (SSSR count). The Bertz CT molecular complexity index is 359. The molecule has 0 heterocycles. The van der Waals surface area contributed by atoms with E-state index >= 15 is 0 Å². The minimum absolute atomic E-state index is 0.644. The summed E-state index contributed by atoms with van der Waals surface area (Å²) < 4.78 is 0. The molecule has 1 saturated carbocycles. The summed E-state index contributed by atoms with van der Waals surface area (Å²) in [5.74, 6) is 0. The van der Waals surface area contributed by atoms with Crippen molar-refractivity contribution in [3.05, 3.63) is 23.2 Å². The van der Waals surface area contributed by atoms with Gasteiger partial charge in [0.05, 0.1) is 11.4 Å². The standard InChI is InChI=1S/C13H19ClN2/c1-2-16(11-5-3-4-6-11)13-9-10(14)7-8-12(13)15/h7-9,11H,2-6,15H2,1H3. The van der Waals surface area contributed by atoms with E-state index < -0.39 is 0 Å². The molecule has 1 aliphatic carbocycles. The first kappa shape index (κ1) is 11.6. The van der Waals surface area contributed by atoms with Gasteiger partial charge in [-0.25, -0.2) is 0 Å². The molecule has 1 aromatic carbocycles. The third-order valence-corrected chi connectivity index (χ3v) is 3.64. The number of rotatable bonds is 3. The number of halogens is 1. The topological polar surface area (TPSA) is 29.3 Å². The van der Waals surface area contributed by atoms with Crippen LogP contribution in [0.15, 0.2) is 18.2 Å². The van der Waals surface area contributed by atoms with Gasteiger partial charge in [-0.3, -0.25) is 0 Å². The fourth-order valence-electron chi connectivity index (χ4n) is 2.61. The molecule has 0 radical (unpaired) electrons. The summed E-state index contributed by atoms with van der Waals surface area (Å²) in [6.07, 6.45) is 5.23. The molecule has 2 nitrogen and oxygen atoms in total. The van der Waals surface area contributed by atoms with Crippen molar-refractivity contribution in [1.29, 1.82) is 0 Å². The van der Waals surface area contributed by atoms with E-state index in [9.17, 15) is 0 Å². The summed E-state index contributed by atoms with van der Waals surface area (Å²) in [5.41, 5.74) is 7.96. The smallest absolute Gasteiger partial charge is 0.0617 e. The molecule has 1 aliphatic rings. The molecule has 3 heteroatoms. The molecule has 16 heavy (non-hydrogen) atoms. The van der Waals surface area contributed by atoms with Crippen molar-refractivity contribution in [2.24, 2.45) is 0 Å². The number of hydrogen-bond acceptors (Lipinski definition) is 2. The lowest BCUT2D eigenvalue weighted by molar-refractivity contribution is 0.620. The first-order valence-corrected chi connectivity index (χ1v) is 6.42. The molecule has 0 atom stereocenters. The molecule has 1 aromatic rings. The van der Waals surface area contributed by atoms with Crippen LogP contribution < -0.4 is 10.6 Å². The monoisotopic (exact) mass is 238 g/mol. The van der Waals surface area contributed by atoms with Crippen LogP contribution in [0, 0.1) is 0 Å². The second kappa shape index (κ2) is 4.96. The van der Waals surface area contributed by atoms with Crippen LogP contribution in [0.1, 0.15) is 32.6 Å². The Morgan fingerprint density at radius 3 is 2.69 bits per heavy atom. The maximum atomic E-state index is 6.04. The Kier molecular flexibility index (Phi) is 3.59. The summed E-state index contributed by atoms with van der Waals surface area (Å²) in [7, 11) is 0. The number of nitrogens with two attached hydrogens (primary N) is 1. The maximum Gasteiger partial charge on any atom is 0.0617 e. The van der Waals surface area contributed by atoms with Gasteiger partial charge in [-0.1, -0.05) is 24.4 Å². The zero-order valence-electron chi connectivity index (χ0n) is 9.75. The molecular formula is C13H19ClN2. The SMILES string of the molecule is CCN(c1cc(Cl)ccc1N)C1CCCC1. The molecule has 0 aromatic heterocycles. The number of nitrogens with zero attached hydrogens (tertiary/aromatic N) is 1. The van der Waals surface area contributed by atoms with Crippen LogP contribution in [0.4, 0.5) is 11.4 Å². The maximum absolute atomic E-state index is 6.04. The molecule has 2 N–H and O–H groups in total. The second-order valence-corrected chi connectivity index (χ2v) is 4.86. The van der Waals surface area contributed by atoms with Crippen molar-refractivity contribution >= 4 is 23.0 Å². The summed E-state index contributed by atoms with van der Waals surface area (Å²) in [4.78, 5) is 2.40. The lowest BCUT2D eigenvalue weighted by Crippen LogP contribution is -2.33. The fourth-order valence-corrected chi connectivity index (χ4v) is 2.77. The highest BCUT2D eigenvalue weighted by atomic mass is 35.5. The van der Waals surface area contributed by atoms with Crippen LogP contribution in [0.2, 0.25) is 5.02 Å². The van der Waals surface area contributed by atoms with Gasteiger partial charge in [0.25, 0.3) is 0 Å². The highest BCUT2D eigenvalue weighted by molar-refractivity contribution is 6.31. The van der Waals surface area contributed by atoms with E-state index in [0.717, 1.165) is 22.9 Å². The van der Waals surface area contributed by atoms with E-state index in [1.165, 1.54) is 25.7 Å². The van der Waals surface area contributed by atoms with Crippen LogP contribution in [0.3, 0.4) is 0 Å². The quantitative estimate of drug-likeness (QED) is 0.814. The lowest BCUT2D eigenvalue weighted by Gasteiger charge is -2.31. The minimum atomic E-state index is 0.644. The van der Waals surface area contributed by atoms with Gasteiger partial charge >= 0.3 is 0 Å². The van der Waals surface area contributed by atoms with E-state index in [4.69, 9.17) is 17.3 Å². The Labute approximate surface area is 102 Å². The Morgan fingerprint density at radius 2 is 2.06 bits per heavy atom. The van der Waals surface area contributed by atoms with Gasteiger partial charge in [-0.2, -0.15) is 0 Å². The minimum Gasteiger partial charge on any atom is -0.397 e. The third kappa shape index (κ3) is 2.27. The number of anilines is 2. The Hall–Kier alpha value is -0.890. The van der Waals surface area contributed by atoms with Crippen LogP contribution in [-0.2, 0) is 0 Å². The molecule has 0 spiro atoms. The van der Waals surface area contributed by atoms with Gasteiger partial charge in [0.2, 0.25) is 0 Å². The third-order valence-electron chi connectivity index (χ3n) is 3.41. The van der Waals surface area contributed by atoms with Crippen LogP contribution in [0.25, 0.3) is 0 Å². The predicted molar refractivity (Wildman–Crippen MR) is 71.1 cm³/mol. The predicted octanol–water partition coefficient (Wildman–Crippen LogP) is 3.69. The van der Waals surface area contributed by atoms with E-state index in [0.29, 0.717) is 6.04 Å². The van der Waals surface area contributed by atoms with Gasteiger partial charge in [-0.05, 0) is 38.0 Å². The Balaban J connectivity index is 2.28. The van der Waals surface area contributed by atoms with Crippen LogP contribution in [-0.4, -0.2) is 12.6 Å². The molecule has 88 valence electrons. The number of nitrogen functional groups attached to an aromatic ring is 1. The summed E-state index contributed by atoms with van der Waals surface area (Å²) in [5, 5.41) is 0.764. The molecule has 0 saturated heterocycles. The number of benzene rings is 1. The molecule has 0 aliphatic heterocycles. The van der Waals surface area contributed by atoms with E-state index in [-0.39, 0.29) is 0 Å². The van der Waals surface area contributed by atoms with E-state index in [1.807, 2.05) is 18.2 Å². The molecule has 0 amide bonds. The number of hydrogen-bond donors (Lipinski definition) is 1. The largest absolute Gasteiger partial charge is 0.397 e. The zero-order valence-corrected chi connectivity index (χ0v) is 10.5. The summed E-state index contributed by atoms with van der Waals surface area (Å²) >= 11 is 6.04. The normalized spacial score (nSPS) is 16.6. The summed E-state index contributed by atoms with van der Waals surface area (Å²) in [6.45, 7) is 3.17. The van der Waals surface area contributed by atoms with Crippen molar-refractivity contribution < 1.29 is 0 Å². The average molecular weight is 239 g/mol. The zero-order chi connectivity index (χ0) is 11.5. The van der Waals surface area contributed by atoms with Crippen molar-refractivity contribution in [3.63, 3.8) is 0 Å². The first-order valence-electron chi connectivity index (χ1n) is 6.04. The molecule has 0 bridgehead atoms. The fraction of sp³-hybridized carbons (Fsp3) is 0.538. The van der Waals surface area contributed by atoms with Crippen LogP contribution >= 0.6 is 11.6 Å². The highest BCUT2D eigenvalue weighted by Crippen LogP contribution is 2.33.